The van der Waals surface area contributed by atoms with Gasteiger partial charge in [0.1, 0.15) is 12.4 Å². The number of carbonyl (C=O) groups excluding carboxylic acids is 1. The predicted octanol–water partition coefficient (Wildman–Crippen LogP) is 5.06. The Morgan fingerprint density at radius 1 is 1.22 bits per heavy atom. The summed E-state index contributed by atoms with van der Waals surface area (Å²) in [5.74, 6) is 1.04. The van der Waals surface area contributed by atoms with Crippen LogP contribution in [0.1, 0.15) is 37.8 Å². The van der Waals surface area contributed by atoms with Gasteiger partial charge in [0.2, 0.25) is 18.0 Å². The third-order valence-corrected chi connectivity index (χ3v) is 4.67. The first-order valence-electron chi connectivity index (χ1n) is 8.58. The molecular formula is C20H20Cl2N2O3. The Kier molecular flexibility index (Phi) is 5.92. The van der Waals surface area contributed by atoms with E-state index >= 15 is 0 Å². The van der Waals surface area contributed by atoms with Gasteiger partial charge in [-0.3, -0.25) is 4.79 Å². The Bertz CT molecular complexity index is 866. The van der Waals surface area contributed by atoms with Crippen LogP contribution in [0, 0.1) is 0 Å². The predicted molar refractivity (Wildman–Crippen MR) is 106 cm³/mol. The van der Waals surface area contributed by atoms with Crippen LogP contribution in [0.25, 0.3) is 0 Å². The Hall–Kier alpha value is -2.24. The van der Waals surface area contributed by atoms with Crippen LogP contribution >= 0.6 is 23.2 Å². The van der Waals surface area contributed by atoms with Crippen molar-refractivity contribution in [3.05, 3.63) is 63.6 Å². The fraction of sp³-hybridized carbons (Fsp3) is 0.300. The molecule has 0 spiro atoms. The first kappa shape index (κ1) is 19.5. The van der Waals surface area contributed by atoms with Crippen LogP contribution in [0.2, 0.25) is 10.0 Å². The van der Waals surface area contributed by atoms with E-state index in [2.05, 4.69) is 18.9 Å². The molecule has 0 radical (unpaired) electrons. The lowest BCUT2D eigenvalue weighted by Crippen LogP contribution is -2.36. The SMILES string of the molecule is CC(=O)N1N=C(c2ccc(C(C)C)cc2)O[C@@H]1COc1ccc(Cl)cc1Cl. The van der Waals surface area contributed by atoms with E-state index in [4.69, 9.17) is 32.7 Å². The molecule has 0 fully saturated rings. The minimum Gasteiger partial charge on any atom is -0.486 e. The summed E-state index contributed by atoms with van der Waals surface area (Å²) in [5.41, 5.74) is 2.02. The highest BCUT2D eigenvalue weighted by molar-refractivity contribution is 6.35. The van der Waals surface area contributed by atoms with Gasteiger partial charge in [0, 0.05) is 17.5 Å². The summed E-state index contributed by atoms with van der Waals surface area (Å²) in [6.07, 6.45) is -0.672. The van der Waals surface area contributed by atoms with E-state index in [9.17, 15) is 4.79 Å². The Labute approximate surface area is 168 Å². The minimum atomic E-state index is -0.672. The molecule has 0 saturated heterocycles. The molecule has 0 unspecified atom stereocenters. The van der Waals surface area contributed by atoms with E-state index in [-0.39, 0.29) is 12.5 Å². The summed E-state index contributed by atoms with van der Waals surface area (Å²) in [4.78, 5) is 11.9. The number of amides is 1. The van der Waals surface area contributed by atoms with Gasteiger partial charge in [-0.15, -0.1) is 5.10 Å². The van der Waals surface area contributed by atoms with Crippen LogP contribution in [0.3, 0.4) is 0 Å². The van der Waals surface area contributed by atoms with E-state index in [1.54, 1.807) is 18.2 Å². The highest BCUT2D eigenvalue weighted by atomic mass is 35.5. The molecule has 1 aliphatic heterocycles. The van der Waals surface area contributed by atoms with Gasteiger partial charge in [0.05, 0.1) is 5.02 Å². The van der Waals surface area contributed by atoms with Crippen molar-refractivity contribution < 1.29 is 14.3 Å². The number of hydrogen-bond donors (Lipinski definition) is 0. The standard InChI is InChI=1S/C20H20Cl2N2O3/c1-12(2)14-4-6-15(7-5-14)20-23-24(13(3)25)19(27-20)11-26-18-9-8-16(21)10-17(18)22/h4-10,12,19H,11H2,1-3H3/t19-/m1/s1. The fourth-order valence-electron chi connectivity index (χ4n) is 2.63. The summed E-state index contributed by atoms with van der Waals surface area (Å²) in [5, 5.41) is 6.49. The highest BCUT2D eigenvalue weighted by Gasteiger charge is 2.32. The zero-order valence-corrected chi connectivity index (χ0v) is 16.8. The second kappa shape index (κ2) is 8.19. The van der Waals surface area contributed by atoms with Gasteiger partial charge in [-0.1, -0.05) is 49.2 Å². The lowest BCUT2D eigenvalue weighted by Gasteiger charge is -2.19. The molecule has 2 aromatic carbocycles. The van der Waals surface area contributed by atoms with Crippen molar-refractivity contribution in [2.24, 2.45) is 5.10 Å². The van der Waals surface area contributed by atoms with Crippen LogP contribution in [0.5, 0.6) is 5.75 Å². The molecule has 1 amide bonds. The maximum Gasteiger partial charge on any atom is 0.243 e. The average Bonchev–Trinajstić information content (AvgIpc) is 3.05. The van der Waals surface area contributed by atoms with Gasteiger partial charge in [-0.2, -0.15) is 5.01 Å². The van der Waals surface area contributed by atoms with E-state index < -0.39 is 6.23 Å². The van der Waals surface area contributed by atoms with Crippen molar-refractivity contribution in [3.8, 4) is 5.75 Å². The fourth-order valence-corrected chi connectivity index (χ4v) is 3.10. The Morgan fingerprint density at radius 2 is 1.93 bits per heavy atom. The summed E-state index contributed by atoms with van der Waals surface area (Å²) in [6.45, 7) is 5.77. The highest BCUT2D eigenvalue weighted by Crippen LogP contribution is 2.28. The Balaban J connectivity index is 1.73. The number of ether oxygens (including phenoxy) is 2. The molecule has 1 heterocycles. The van der Waals surface area contributed by atoms with Crippen molar-refractivity contribution in [1.29, 1.82) is 0 Å². The lowest BCUT2D eigenvalue weighted by molar-refractivity contribution is -0.136. The topological polar surface area (TPSA) is 51.1 Å². The number of benzene rings is 2. The Morgan fingerprint density at radius 3 is 2.52 bits per heavy atom. The molecule has 0 bridgehead atoms. The number of hydrazone groups is 1. The summed E-state index contributed by atoms with van der Waals surface area (Å²) in [6, 6.07) is 12.9. The molecule has 1 atom stereocenters. The summed E-state index contributed by atoms with van der Waals surface area (Å²) >= 11 is 12.0. The number of halogens is 2. The molecule has 0 N–H and O–H groups in total. The molecule has 7 heteroatoms. The summed E-state index contributed by atoms with van der Waals surface area (Å²) < 4.78 is 11.6. The summed E-state index contributed by atoms with van der Waals surface area (Å²) in [7, 11) is 0. The molecule has 27 heavy (non-hydrogen) atoms. The zero-order chi connectivity index (χ0) is 19.6. The molecule has 0 aliphatic carbocycles. The molecule has 0 saturated carbocycles. The van der Waals surface area contributed by atoms with Crippen LogP contribution in [-0.4, -0.2) is 29.6 Å². The van der Waals surface area contributed by atoms with Gasteiger partial charge < -0.3 is 9.47 Å². The van der Waals surface area contributed by atoms with E-state index in [0.717, 1.165) is 5.56 Å². The first-order chi connectivity index (χ1) is 12.8. The molecule has 142 valence electrons. The maximum absolute atomic E-state index is 11.9. The number of hydrogen-bond acceptors (Lipinski definition) is 4. The quantitative estimate of drug-likeness (QED) is 0.696. The van der Waals surface area contributed by atoms with Gasteiger partial charge in [0.25, 0.3) is 0 Å². The molecule has 2 aromatic rings. The van der Waals surface area contributed by atoms with E-state index in [1.165, 1.54) is 17.5 Å². The second-order valence-corrected chi connectivity index (χ2v) is 7.35. The van der Waals surface area contributed by atoms with Gasteiger partial charge in [-0.25, -0.2) is 0 Å². The minimum absolute atomic E-state index is 0.0814. The first-order valence-corrected chi connectivity index (χ1v) is 9.34. The molecule has 1 aliphatic rings. The van der Waals surface area contributed by atoms with Gasteiger partial charge in [0.15, 0.2) is 0 Å². The lowest BCUT2D eigenvalue weighted by atomic mass is 10.0. The monoisotopic (exact) mass is 406 g/mol. The van der Waals surface area contributed by atoms with E-state index in [0.29, 0.717) is 27.6 Å². The van der Waals surface area contributed by atoms with Crippen molar-refractivity contribution in [1.82, 2.24) is 5.01 Å². The normalized spacial score (nSPS) is 16.3. The maximum atomic E-state index is 11.9. The second-order valence-electron chi connectivity index (χ2n) is 6.50. The molecule has 5 nitrogen and oxygen atoms in total. The molecule has 3 rings (SSSR count). The van der Waals surface area contributed by atoms with Crippen LogP contribution in [-0.2, 0) is 9.53 Å². The van der Waals surface area contributed by atoms with Crippen molar-refractivity contribution in [3.63, 3.8) is 0 Å². The van der Waals surface area contributed by atoms with Crippen LogP contribution in [0.4, 0.5) is 0 Å². The molecular weight excluding hydrogens is 387 g/mol. The van der Waals surface area contributed by atoms with E-state index in [1.807, 2.05) is 24.3 Å². The van der Waals surface area contributed by atoms with Crippen molar-refractivity contribution >= 4 is 35.0 Å². The van der Waals surface area contributed by atoms with Gasteiger partial charge >= 0.3 is 0 Å². The van der Waals surface area contributed by atoms with Crippen LogP contribution in [0.15, 0.2) is 47.6 Å². The van der Waals surface area contributed by atoms with Crippen LogP contribution < -0.4 is 4.74 Å². The van der Waals surface area contributed by atoms with Crippen molar-refractivity contribution in [2.75, 3.05) is 6.61 Å². The molecule has 0 aromatic heterocycles. The number of carbonyl (C=O) groups is 1. The zero-order valence-electron chi connectivity index (χ0n) is 15.3. The number of rotatable bonds is 5. The largest absolute Gasteiger partial charge is 0.486 e. The third-order valence-electron chi connectivity index (χ3n) is 4.14. The average molecular weight is 407 g/mol. The van der Waals surface area contributed by atoms with Crippen molar-refractivity contribution in [2.45, 2.75) is 32.9 Å². The smallest absolute Gasteiger partial charge is 0.243 e. The third kappa shape index (κ3) is 4.54. The number of nitrogens with zero attached hydrogens (tertiary/aromatic N) is 2. The van der Waals surface area contributed by atoms with Gasteiger partial charge in [-0.05, 0) is 41.8 Å².